The molecule has 7 nitrogen and oxygen atoms in total. The molecule has 0 aliphatic rings. The van der Waals surface area contributed by atoms with Crippen LogP contribution in [0.3, 0.4) is 0 Å². The van der Waals surface area contributed by atoms with Crippen molar-refractivity contribution in [1.29, 1.82) is 0 Å². The Labute approximate surface area is 166 Å². The molecule has 1 atom stereocenters. The fourth-order valence-electron chi connectivity index (χ4n) is 2.33. The quantitative estimate of drug-likeness (QED) is 0.718. The van der Waals surface area contributed by atoms with Crippen LogP contribution in [0.15, 0.2) is 48.5 Å². The van der Waals surface area contributed by atoms with Crippen molar-refractivity contribution in [3.8, 4) is 5.75 Å². The molecule has 0 aliphatic carbocycles. The minimum atomic E-state index is -3.80. The molecule has 0 heterocycles. The number of carbonyl (C=O) groups is 2. The van der Waals surface area contributed by atoms with E-state index in [4.69, 9.17) is 4.18 Å². The molecule has 0 bridgehead atoms. The van der Waals surface area contributed by atoms with Crippen LogP contribution in [0, 0.1) is 0 Å². The number of amides is 2. The van der Waals surface area contributed by atoms with Gasteiger partial charge in [0.2, 0.25) is 0 Å². The molecule has 0 unspecified atom stereocenters. The molecule has 0 spiro atoms. The first-order valence-corrected chi connectivity index (χ1v) is 10.6. The molecule has 0 saturated carbocycles. The van der Waals surface area contributed by atoms with E-state index in [1.54, 1.807) is 0 Å². The second-order valence-corrected chi connectivity index (χ2v) is 7.29. The maximum Gasteiger partial charge on any atom is 0.306 e. The monoisotopic (exact) mass is 406 g/mol. The summed E-state index contributed by atoms with van der Waals surface area (Å²) in [6.45, 7) is 5.82. The highest BCUT2D eigenvalue weighted by molar-refractivity contribution is 7.86. The van der Waals surface area contributed by atoms with Gasteiger partial charge in [0.25, 0.3) is 11.8 Å². The Morgan fingerprint density at radius 3 is 2.00 bits per heavy atom. The molecule has 28 heavy (non-hydrogen) atoms. The molecule has 152 valence electrons. The van der Waals surface area contributed by atoms with Crippen LogP contribution in [0.5, 0.6) is 5.75 Å². The molecule has 2 aromatic rings. The molecular weight excluding hydrogens is 380 g/mol. The summed E-state index contributed by atoms with van der Waals surface area (Å²) in [5.74, 6) is -1.02. The third kappa shape index (κ3) is 7.03. The van der Waals surface area contributed by atoms with Crippen molar-refractivity contribution in [3.05, 3.63) is 65.2 Å². The second-order valence-electron chi connectivity index (χ2n) is 5.72. The first-order chi connectivity index (χ1) is 13.2. The van der Waals surface area contributed by atoms with Gasteiger partial charge in [-0.3, -0.25) is 9.59 Å². The van der Waals surface area contributed by atoms with E-state index in [0.29, 0.717) is 0 Å². The van der Waals surface area contributed by atoms with E-state index >= 15 is 0 Å². The van der Waals surface area contributed by atoms with Gasteiger partial charge in [0.1, 0.15) is 5.75 Å². The Kier molecular flexibility index (Phi) is 8.66. The highest BCUT2D eigenvalue weighted by Gasteiger charge is 2.17. The van der Waals surface area contributed by atoms with Crippen LogP contribution in [-0.2, 0) is 10.1 Å². The molecule has 8 heteroatoms. The SMILES string of the molecule is CC.CNC(=O)c1cc(OS(C)(=O)=O)cc(C(=O)N[C@H](C)c2ccccc2)c1. The average molecular weight is 407 g/mol. The smallest absolute Gasteiger partial charge is 0.306 e. The van der Waals surface area contributed by atoms with Gasteiger partial charge in [-0.25, -0.2) is 0 Å². The zero-order chi connectivity index (χ0) is 21.3. The van der Waals surface area contributed by atoms with Gasteiger partial charge in [0.05, 0.1) is 12.3 Å². The summed E-state index contributed by atoms with van der Waals surface area (Å²) < 4.78 is 27.6. The van der Waals surface area contributed by atoms with Crippen LogP contribution in [0.2, 0.25) is 0 Å². The van der Waals surface area contributed by atoms with Crippen molar-refractivity contribution in [2.45, 2.75) is 26.8 Å². The Hall–Kier alpha value is -2.87. The van der Waals surface area contributed by atoms with Gasteiger partial charge in [-0.2, -0.15) is 8.42 Å². The fraction of sp³-hybridized carbons (Fsp3) is 0.300. The molecule has 0 aliphatic heterocycles. The van der Waals surface area contributed by atoms with Gasteiger partial charge in [-0.1, -0.05) is 44.2 Å². The van der Waals surface area contributed by atoms with Crippen molar-refractivity contribution < 1.29 is 22.2 Å². The number of rotatable bonds is 6. The summed E-state index contributed by atoms with van der Waals surface area (Å²) in [6.07, 6.45) is 0.886. The fourth-order valence-corrected chi connectivity index (χ4v) is 2.78. The summed E-state index contributed by atoms with van der Waals surface area (Å²) in [5, 5.41) is 5.24. The maximum absolute atomic E-state index is 12.6. The van der Waals surface area contributed by atoms with Gasteiger partial charge in [-0.15, -0.1) is 0 Å². The number of carbonyl (C=O) groups excluding carboxylic acids is 2. The van der Waals surface area contributed by atoms with E-state index in [1.807, 2.05) is 51.1 Å². The van der Waals surface area contributed by atoms with Crippen molar-refractivity contribution in [1.82, 2.24) is 10.6 Å². The highest BCUT2D eigenvalue weighted by Crippen LogP contribution is 2.20. The zero-order valence-electron chi connectivity index (χ0n) is 16.6. The first-order valence-electron chi connectivity index (χ1n) is 8.82. The van der Waals surface area contributed by atoms with Crippen molar-refractivity contribution in [2.75, 3.05) is 13.3 Å². The van der Waals surface area contributed by atoms with Gasteiger partial charge >= 0.3 is 10.1 Å². The van der Waals surface area contributed by atoms with Gasteiger partial charge in [0, 0.05) is 18.2 Å². The number of hydrogen-bond acceptors (Lipinski definition) is 5. The Balaban J connectivity index is 0.00000190. The standard InChI is InChI=1S/C18H20N2O5S.C2H6/c1-12(13-7-5-4-6-8-13)20-18(22)15-9-14(17(21)19-2)10-16(11-15)25-26(3,23)24;1-2/h4-12H,1-3H3,(H,19,21)(H,20,22);1-2H3/t12-;/m1./s1. The van der Waals surface area contributed by atoms with E-state index in [9.17, 15) is 18.0 Å². The summed E-state index contributed by atoms with van der Waals surface area (Å²) in [6, 6.07) is 13.0. The van der Waals surface area contributed by atoms with Crippen LogP contribution in [0.25, 0.3) is 0 Å². The normalized spacial score (nSPS) is 11.5. The molecule has 2 rings (SSSR count). The number of hydrogen-bond donors (Lipinski definition) is 2. The molecule has 0 radical (unpaired) electrons. The predicted molar refractivity (Wildman–Crippen MR) is 109 cm³/mol. The molecule has 2 N–H and O–H groups in total. The van der Waals surface area contributed by atoms with E-state index in [2.05, 4.69) is 10.6 Å². The van der Waals surface area contributed by atoms with Crippen LogP contribution in [0.4, 0.5) is 0 Å². The van der Waals surface area contributed by atoms with Gasteiger partial charge in [-0.05, 0) is 30.7 Å². The summed E-state index contributed by atoms with van der Waals surface area (Å²) in [7, 11) is -2.36. The number of benzene rings is 2. The third-order valence-corrected chi connectivity index (χ3v) is 4.05. The van der Waals surface area contributed by atoms with Crippen molar-refractivity contribution in [2.24, 2.45) is 0 Å². The average Bonchev–Trinajstić information content (AvgIpc) is 2.67. The molecule has 0 aromatic heterocycles. The van der Waals surface area contributed by atoms with E-state index in [1.165, 1.54) is 25.2 Å². The number of nitrogens with one attached hydrogen (secondary N) is 2. The van der Waals surface area contributed by atoms with Crippen LogP contribution < -0.4 is 14.8 Å². The van der Waals surface area contributed by atoms with Crippen molar-refractivity contribution in [3.63, 3.8) is 0 Å². The largest absolute Gasteiger partial charge is 0.383 e. The minimum absolute atomic E-state index is 0.105. The highest BCUT2D eigenvalue weighted by atomic mass is 32.2. The lowest BCUT2D eigenvalue weighted by molar-refractivity contribution is 0.0939. The summed E-state index contributed by atoms with van der Waals surface area (Å²) in [4.78, 5) is 24.5. The molecule has 0 fully saturated rings. The van der Waals surface area contributed by atoms with Gasteiger partial charge in [0.15, 0.2) is 0 Å². The Morgan fingerprint density at radius 1 is 0.964 bits per heavy atom. The van der Waals surface area contributed by atoms with E-state index in [-0.39, 0.29) is 22.9 Å². The third-order valence-electron chi connectivity index (χ3n) is 3.55. The predicted octanol–water partition coefficient (Wildman–Crippen LogP) is 2.90. The summed E-state index contributed by atoms with van der Waals surface area (Å²) in [5.41, 5.74) is 1.15. The van der Waals surface area contributed by atoms with Crippen LogP contribution >= 0.6 is 0 Å². The van der Waals surface area contributed by atoms with Crippen LogP contribution in [0.1, 0.15) is 53.1 Å². The maximum atomic E-state index is 12.6. The van der Waals surface area contributed by atoms with E-state index < -0.39 is 21.9 Å². The van der Waals surface area contributed by atoms with Crippen LogP contribution in [-0.4, -0.2) is 33.5 Å². The molecule has 2 amide bonds. The second kappa shape index (κ2) is 10.5. The Morgan fingerprint density at radius 2 is 1.50 bits per heavy atom. The Bertz CT molecular complexity index is 911. The lowest BCUT2D eigenvalue weighted by atomic mass is 10.1. The minimum Gasteiger partial charge on any atom is -0.383 e. The molecule has 0 saturated heterocycles. The molecule has 2 aromatic carbocycles. The molecular formula is C20H26N2O5S. The summed E-state index contributed by atoms with van der Waals surface area (Å²) >= 11 is 0. The van der Waals surface area contributed by atoms with Crippen molar-refractivity contribution >= 4 is 21.9 Å². The topological polar surface area (TPSA) is 102 Å². The lowest BCUT2D eigenvalue weighted by Crippen LogP contribution is -2.27. The first kappa shape index (κ1) is 23.2. The zero-order valence-corrected chi connectivity index (χ0v) is 17.5. The lowest BCUT2D eigenvalue weighted by Gasteiger charge is -2.15. The van der Waals surface area contributed by atoms with E-state index in [0.717, 1.165) is 11.8 Å². The van der Waals surface area contributed by atoms with Gasteiger partial charge < -0.3 is 14.8 Å².